The number of rotatable bonds is 2. The summed E-state index contributed by atoms with van der Waals surface area (Å²) in [5.74, 6) is 5.11. The molecule has 2 N–H and O–H groups in total. The highest BCUT2D eigenvalue weighted by molar-refractivity contribution is 6.06. The van der Waals surface area contributed by atoms with Crippen molar-refractivity contribution in [2.45, 2.75) is 32.8 Å². The first-order chi connectivity index (χ1) is 5.45. The molecule has 0 bridgehead atoms. The van der Waals surface area contributed by atoms with Crippen molar-refractivity contribution in [1.82, 2.24) is 0 Å². The first-order valence-electron chi connectivity index (χ1n) is 3.96. The Hall–Kier alpha value is -1.07. The van der Waals surface area contributed by atoms with E-state index in [0.717, 1.165) is 6.42 Å². The molecule has 0 heterocycles. The van der Waals surface area contributed by atoms with Gasteiger partial charge in [-0.3, -0.25) is 5.41 Å². The Labute approximate surface area is 73.8 Å². The Morgan fingerprint density at radius 3 is 2.58 bits per heavy atom. The molecular formula is C10H15NO. The van der Waals surface area contributed by atoms with Crippen LogP contribution in [0.1, 0.15) is 27.2 Å². The molecule has 0 fully saturated rings. The van der Waals surface area contributed by atoms with Crippen LogP contribution >= 0.6 is 0 Å². The van der Waals surface area contributed by atoms with Crippen molar-refractivity contribution >= 4 is 5.71 Å². The van der Waals surface area contributed by atoms with Gasteiger partial charge in [-0.05, 0) is 32.3 Å². The maximum Gasteiger partial charge on any atom is 0.120 e. The molecule has 0 spiro atoms. The second-order valence-corrected chi connectivity index (χ2v) is 3.03. The van der Waals surface area contributed by atoms with Gasteiger partial charge in [0.05, 0.1) is 0 Å². The maximum absolute atomic E-state index is 9.20. The summed E-state index contributed by atoms with van der Waals surface area (Å²) in [7, 11) is 0. The van der Waals surface area contributed by atoms with Crippen LogP contribution < -0.4 is 0 Å². The van der Waals surface area contributed by atoms with Gasteiger partial charge in [-0.15, -0.1) is 0 Å². The van der Waals surface area contributed by atoms with Crippen molar-refractivity contribution in [3.8, 4) is 11.8 Å². The summed E-state index contributed by atoms with van der Waals surface area (Å²) in [6.07, 6.45) is 4.40. The first kappa shape index (κ1) is 10.9. The SMILES string of the molecule is CC/C=C\C(=N)C#CC(C)(C)O. The minimum Gasteiger partial charge on any atom is -0.378 e. The van der Waals surface area contributed by atoms with E-state index >= 15 is 0 Å². The maximum atomic E-state index is 9.20. The van der Waals surface area contributed by atoms with Gasteiger partial charge in [0.1, 0.15) is 11.3 Å². The van der Waals surface area contributed by atoms with Crippen LogP contribution in [0.4, 0.5) is 0 Å². The fourth-order valence-corrected chi connectivity index (χ4v) is 0.498. The molecule has 66 valence electrons. The molecule has 2 nitrogen and oxygen atoms in total. The third-order valence-electron chi connectivity index (χ3n) is 1.02. The molecule has 0 atom stereocenters. The van der Waals surface area contributed by atoms with E-state index in [1.54, 1.807) is 19.9 Å². The van der Waals surface area contributed by atoms with Gasteiger partial charge in [0.25, 0.3) is 0 Å². The Balaban J connectivity index is 4.15. The zero-order chi connectivity index (χ0) is 9.61. The molecular weight excluding hydrogens is 150 g/mol. The standard InChI is InChI=1S/C10H15NO/c1-4-5-6-9(11)7-8-10(2,3)12/h5-6,11-12H,4H2,1-3H3/b6-5-,11-9?. The van der Waals surface area contributed by atoms with Crippen LogP contribution in [0.15, 0.2) is 12.2 Å². The summed E-state index contributed by atoms with van der Waals surface area (Å²) in [6, 6.07) is 0. The topological polar surface area (TPSA) is 44.1 Å². The van der Waals surface area contributed by atoms with E-state index in [1.165, 1.54) is 0 Å². The first-order valence-corrected chi connectivity index (χ1v) is 3.96. The van der Waals surface area contributed by atoms with Gasteiger partial charge in [0.15, 0.2) is 0 Å². The molecule has 0 aromatic heterocycles. The van der Waals surface area contributed by atoms with E-state index in [-0.39, 0.29) is 5.71 Å². The average molecular weight is 165 g/mol. The van der Waals surface area contributed by atoms with Crippen molar-refractivity contribution in [3.05, 3.63) is 12.2 Å². The van der Waals surface area contributed by atoms with Gasteiger partial charge in [0.2, 0.25) is 0 Å². The Kier molecular flexibility index (Phi) is 4.31. The lowest BCUT2D eigenvalue weighted by Gasteiger charge is -2.05. The summed E-state index contributed by atoms with van der Waals surface area (Å²) in [5, 5.41) is 16.5. The molecule has 0 aliphatic carbocycles. The van der Waals surface area contributed by atoms with E-state index in [4.69, 9.17) is 5.41 Å². The minimum atomic E-state index is -1.01. The van der Waals surface area contributed by atoms with E-state index < -0.39 is 5.60 Å². The molecule has 0 aliphatic rings. The van der Waals surface area contributed by atoms with E-state index in [9.17, 15) is 5.11 Å². The van der Waals surface area contributed by atoms with Crippen LogP contribution in [0.2, 0.25) is 0 Å². The molecule has 0 aromatic carbocycles. The third kappa shape index (κ3) is 7.04. The Morgan fingerprint density at radius 2 is 2.17 bits per heavy atom. The van der Waals surface area contributed by atoms with Crippen molar-refractivity contribution in [1.29, 1.82) is 5.41 Å². The van der Waals surface area contributed by atoms with Crippen LogP contribution in [-0.2, 0) is 0 Å². The number of hydrogen-bond acceptors (Lipinski definition) is 2. The number of hydrogen-bond donors (Lipinski definition) is 2. The molecule has 0 unspecified atom stereocenters. The van der Waals surface area contributed by atoms with Gasteiger partial charge >= 0.3 is 0 Å². The summed E-state index contributed by atoms with van der Waals surface area (Å²) < 4.78 is 0. The van der Waals surface area contributed by atoms with Gasteiger partial charge in [-0.1, -0.05) is 18.9 Å². The summed E-state index contributed by atoms with van der Waals surface area (Å²) in [6.45, 7) is 5.18. The van der Waals surface area contributed by atoms with Gasteiger partial charge in [-0.25, -0.2) is 0 Å². The van der Waals surface area contributed by atoms with Gasteiger partial charge < -0.3 is 5.11 Å². The smallest absolute Gasteiger partial charge is 0.120 e. The van der Waals surface area contributed by atoms with E-state index in [0.29, 0.717) is 0 Å². The molecule has 0 saturated heterocycles. The number of allylic oxidation sites excluding steroid dienone is 2. The molecule has 2 heteroatoms. The average Bonchev–Trinajstić information content (AvgIpc) is 1.95. The molecule has 0 radical (unpaired) electrons. The lowest BCUT2D eigenvalue weighted by atomic mass is 10.1. The summed E-state index contributed by atoms with van der Waals surface area (Å²) in [5.41, 5.74) is -0.772. The molecule has 0 aromatic rings. The number of nitrogens with one attached hydrogen (secondary N) is 1. The van der Waals surface area contributed by atoms with Crippen LogP contribution in [0.3, 0.4) is 0 Å². The quantitative estimate of drug-likeness (QED) is 0.475. The highest BCUT2D eigenvalue weighted by Gasteiger charge is 2.05. The largest absolute Gasteiger partial charge is 0.378 e. The normalized spacial score (nSPS) is 11.0. The predicted octanol–water partition coefficient (Wildman–Crippen LogP) is 1.75. The van der Waals surface area contributed by atoms with Crippen LogP contribution in [0.5, 0.6) is 0 Å². The molecule has 0 saturated carbocycles. The summed E-state index contributed by atoms with van der Waals surface area (Å²) >= 11 is 0. The van der Waals surface area contributed by atoms with Crippen LogP contribution in [0, 0.1) is 17.3 Å². The minimum absolute atomic E-state index is 0.235. The van der Waals surface area contributed by atoms with Crippen LogP contribution in [-0.4, -0.2) is 16.4 Å². The number of aliphatic hydroxyl groups is 1. The second-order valence-electron chi connectivity index (χ2n) is 3.03. The van der Waals surface area contributed by atoms with Crippen molar-refractivity contribution in [2.75, 3.05) is 0 Å². The zero-order valence-electron chi connectivity index (χ0n) is 7.81. The second kappa shape index (κ2) is 4.74. The highest BCUT2D eigenvalue weighted by Crippen LogP contribution is 1.96. The molecule has 0 rings (SSSR count). The highest BCUT2D eigenvalue weighted by atomic mass is 16.3. The fourth-order valence-electron chi connectivity index (χ4n) is 0.498. The third-order valence-corrected chi connectivity index (χ3v) is 1.02. The van der Waals surface area contributed by atoms with Crippen molar-refractivity contribution in [2.24, 2.45) is 0 Å². The molecule has 12 heavy (non-hydrogen) atoms. The zero-order valence-corrected chi connectivity index (χ0v) is 7.81. The van der Waals surface area contributed by atoms with E-state index in [2.05, 4.69) is 11.8 Å². The molecule has 0 amide bonds. The van der Waals surface area contributed by atoms with Crippen LogP contribution in [0.25, 0.3) is 0 Å². The Morgan fingerprint density at radius 1 is 1.58 bits per heavy atom. The van der Waals surface area contributed by atoms with Crippen molar-refractivity contribution in [3.63, 3.8) is 0 Å². The lowest BCUT2D eigenvalue weighted by Crippen LogP contribution is -2.15. The van der Waals surface area contributed by atoms with E-state index in [1.807, 2.05) is 13.0 Å². The lowest BCUT2D eigenvalue weighted by molar-refractivity contribution is 0.143. The van der Waals surface area contributed by atoms with Crippen molar-refractivity contribution < 1.29 is 5.11 Å². The van der Waals surface area contributed by atoms with Gasteiger partial charge in [-0.2, -0.15) is 0 Å². The summed E-state index contributed by atoms with van der Waals surface area (Å²) in [4.78, 5) is 0. The Bertz CT molecular complexity index is 235. The monoisotopic (exact) mass is 165 g/mol. The predicted molar refractivity (Wildman–Crippen MR) is 51.2 cm³/mol. The fraction of sp³-hybridized carbons (Fsp3) is 0.500. The van der Waals surface area contributed by atoms with Gasteiger partial charge in [0, 0.05) is 0 Å². The molecule has 0 aliphatic heterocycles.